The van der Waals surface area contributed by atoms with Crippen LogP contribution in [-0.2, 0) is 14.3 Å². The first kappa shape index (κ1) is 11.2. The number of carbonyl (C=O) groups excluding carboxylic acids is 1. The molecular formula is C9H16O3. The van der Waals surface area contributed by atoms with Crippen LogP contribution >= 0.6 is 0 Å². The normalized spacial score (nSPS) is 10.5. The number of ether oxygens (including phenoxy) is 2. The maximum Gasteiger partial charge on any atom is 0.330 e. The van der Waals surface area contributed by atoms with E-state index in [0.29, 0.717) is 6.61 Å². The molecule has 0 bridgehead atoms. The lowest BCUT2D eigenvalue weighted by molar-refractivity contribution is -0.137. The van der Waals surface area contributed by atoms with Gasteiger partial charge in [-0.3, -0.25) is 0 Å². The molecule has 0 aliphatic rings. The van der Waals surface area contributed by atoms with Gasteiger partial charge in [-0.25, -0.2) is 4.79 Å². The Kier molecular flexibility index (Phi) is 7.70. The first-order valence-electron chi connectivity index (χ1n) is 4.13. The molecule has 70 valence electrons. The fraction of sp³-hybridized carbons (Fsp3) is 0.667. The zero-order chi connectivity index (χ0) is 9.23. The highest BCUT2D eigenvalue weighted by Crippen LogP contribution is 1.91. The summed E-state index contributed by atoms with van der Waals surface area (Å²) < 4.78 is 9.54. The highest BCUT2D eigenvalue weighted by atomic mass is 16.5. The molecule has 0 N–H and O–H groups in total. The molecule has 0 atom stereocenters. The lowest BCUT2D eigenvalue weighted by Gasteiger charge is -1.95. The molecule has 0 aromatic heterocycles. The monoisotopic (exact) mass is 172 g/mol. The van der Waals surface area contributed by atoms with E-state index in [1.807, 2.05) is 0 Å². The van der Waals surface area contributed by atoms with Crippen LogP contribution in [0.4, 0.5) is 0 Å². The predicted octanol–water partition coefficient (Wildman–Crippen LogP) is 1.53. The van der Waals surface area contributed by atoms with Crippen LogP contribution in [0.5, 0.6) is 0 Å². The summed E-state index contributed by atoms with van der Waals surface area (Å²) >= 11 is 0. The van der Waals surface area contributed by atoms with E-state index in [0.717, 1.165) is 19.4 Å². The maximum absolute atomic E-state index is 10.7. The molecule has 0 radical (unpaired) electrons. The van der Waals surface area contributed by atoms with Gasteiger partial charge in [0.15, 0.2) is 0 Å². The largest absolute Gasteiger partial charge is 0.463 e. The summed E-state index contributed by atoms with van der Waals surface area (Å²) in [6.07, 6.45) is 5.05. The molecule has 0 amide bonds. The van der Waals surface area contributed by atoms with Crippen molar-refractivity contribution in [1.29, 1.82) is 0 Å². The van der Waals surface area contributed by atoms with Crippen LogP contribution in [0.1, 0.15) is 19.8 Å². The molecule has 0 rings (SSSR count). The van der Waals surface area contributed by atoms with Gasteiger partial charge in [-0.1, -0.05) is 6.08 Å². The van der Waals surface area contributed by atoms with Crippen molar-refractivity contribution in [2.75, 3.05) is 20.3 Å². The van der Waals surface area contributed by atoms with E-state index in [9.17, 15) is 4.79 Å². The quantitative estimate of drug-likeness (QED) is 0.346. The van der Waals surface area contributed by atoms with E-state index < -0.39 is 0 Å². The molecule has 3 heteroatoms. The van der Waals surface area contributed by atoms with Gasteiger partial charge in [0, 0.05) is 19.8 Å². The first-order valence-corrected chi connectivity index (χ1v) is 4.13. The van der Waals surface area contributed by atoms with Gasteiger partial charge in [-0.2, -0.15) is 0 Å². The van der Waals surface area contributed by atoms with Crippen molar-refractivity contribution >= 4 is 5.97 Å². The third-order valence-electron chi connectivity index (χ3n) is 1.26. The van der Waals surface area contributed by atoms with Crippen molar-refractivity contribution in [1.82, 2.24) is 0 Å². The highest BCUT2D eigenvalue weighted by Gasteiger charge is 1.91. The number of rotatable bonds is 6. The zero-order valence-corrected chi connectivity index (χ0v) is 7.71. The van der Waals surface area contributed by atoms with Crippen LogP contribution in [0.3, 0.4) is 0 Å². The van der Waals surface area contributed by atoms with Gasteiger partial charge in [-0.05, 0) is 19.8 Å². The van der Waals surface area contributed by atoms with Crippen molar-refractivity contribution in [2.24, 2.45) is 0 Å². The summed E-state index contributed by atoms with van der Waals surface area (Å²) in [6, 6.07) is 0. The number of allylic oxidation sites excluding steroid dienone is 1. The predicted molar refractivity (Wildman–Crippen MR) is 46.9 cm³/mol. The van der Waals surface area contributed by atoms with E-state index >= 15 is 0 Å². The summed E-state index contributed by atoms with van der Waals surface area (Å²) in [5.41, 5.74) is 0. The Balaban J connectivity index is 3.29. The maximum atomic E-state index is 10.7. The first-order chi connectivity index (χ1) is 5.81. The van der Waals surface area contributed by atoms with Crippen LogP contribution < -0.4 is 0 Å². The Labute approximate surface area is 73.4 Å². The fourth-order valence-corrected chi connectivity index (χ4v) is 0.715. The second-order valence-electron chi connectivity index (χ2n) is 2.29. The molecule has 0 unspecified atom stereocenters. The molecule has 0 saturated heterocycles. The molecule has 0 aromatic carbocycles. The molecule has 0 aliphatic carbocycles. The van der Waals surface area contributed by atoms with Crippen LogP contribution in [0.2, 0.25) is 0 Å². The van der Waals surface area contributed by atoms with Crippen LogP contribution in [0, 0.1) is 0 Å². The lowest BCUT2D eigenvalue weighted by atomic mass is 10.3. The molecule has 0 aromatic rings. The SMILES string of the molecule is CCOC(=O)C=CCCCOC. The van der Waals surface area contributed by atoms with E-state index in [4.69, 9.17) is 9.47 Å². The molecule has 0 aliphatic heterocycles. The molecule has 0 heterocycles. The van der Waals surface area contributed by atoms with Gasteiger partial charge in [0.25, 0.3) is 0 Å². The Morgan fingerprint density at radius 1 is 1.50 bits per heavy atom. The van der Waals surface area contributed by atoms with E-state index in [1.54, 1.807) is 20.1 Å². The standard InChI is InChI=1S/C9H16O3/c1-3-12-9(10)7-5-4-6-8-11-2/h5,7H,3-4,6,8H2,1-2H3. The molecule has 0 fully saturated rings. The third kappa shape index (κ3) is 7.28. The average Bonchev–Trinajstić information content (AvgIpc) is 2.05. The van der Waals surface area contributed by atoms with Crippen molar-refractivity contribution < 1.29 is 14.3 Å². The number of carbonyl (C=O) groups is 1. The molecule has 3 nitrogen and oxygen atoms in total. The van der Waals surface area contributed by atoms with Gasteiger partial charge in [0.2, 0.25) is 0 Å². The molecule has 0 saturated carbocycles. The molecule has 12 heavy (non-hydrogen) atoms. The minimum Gasteiger partial charge on any atom is -0.463 e. The van der Waals surface area contributed by atoms with Crippen molar-refractivity contribution in [3.8, 4) is 0 Å². The second kappa shape index (κ2) is 8.27. The number of hydrogen-bond donors (Lipinski definition) is 0. The highest BCUT2D eigenvalue weighted by molar-refractivity contribution is 5.81. The Hall–Kier alpha value is -0.830. The minimum absolute atomic E-state index is 0.269. The average molecular weight is 172 g/mol. The minimum atomic E-state index is -0.269. The van der Waals surface area contributed by atoms with Crippen molar-refractivity contribution in [3.05, 3.63) is 12.2 Å². The van der Waals surface area contributed by atoms with Crippen LogP contribution in [0.25, 0.3) is 0 Å². The summed E-state index contributed by atoms with van der Waals surface area (Å²) in [4.78, 5) is 10.7. The Bertz CT molecular complexity index is 141. The van der Waals surface area contributed by atoms with E-state index in [-0.39, 0.29) is 5.97 Å². The summed E-state index contributed by atoms with van der Waals surface area (Å²) in [6.45, 7) is 2.95. The van der Waals surface area contributed by atoms with Gasteiger partial charge >= 0.3 is 5.97 Å². The van der Waals surface area contributed by atoms with E-state index in [2.05, 4.69) is 0 Å². The summed E-state index contributed by atoms with van der Waals surface area (Å²) in [5, 5.41) is 0. The van der Waals surface area contributed by atoms with Gasteiger partial charge in [-0.15, -0.1) is 0 Å². The van der Waals surface area contributed by atoms with Crippen molar-refractivity contribution in [3.63, 3.8) is 0 Å². The van der Waals surface area contributed by atoms with Crippen molar-refractivity contribution in [2.45, 2.75) is 19.8 Å². The second-order valence-corrected chi connectivity index (χ2v) is 2.29. The summed E-state index contributed by atoms with van der Waals surface area (Å²) in [5.74, 6) is -0.269. The van der Waals surface area contributed by atoms with Gasteiger partial charge in [0.1, 0.15) is 0 Å². The summed E-state index contributed by atoms with van der Waals surface area (Å²) in [7, 11) is 1.66. The Morgan fingerprint density at radius 2 is 2.25 bits per heavy atom. The topological polar surface area (TPSA) is 35.5 Å². The molecule has 0 spiro atoms. The number of methoxy groups -OCH3 is 1. The van der Waals surface area contributed by atoms with Crippen LogP contribution in [-0.4, -0.2) is 26.3 Å². The number of esters is 1. The van der Waals surface area contributed by atoms with Gasteiger partial charge < -0.3 is 9.47 Å². The number of unbranched alkanes of at least 4 members (excludes halogenated alkanes) is 1. The lowest BCUT2D eigenvalue weighted by Crippen LogP contribution is -1.98. The fourth-order valence-electron chi connectivity index (χ4n) is 0.715. The third-order valence-corrected chi connectivity index (χ3v) is 1.26. The molecular weight excluding hydrogens is 156 g/mol. The van der Waals surface area contributed by atoms with Gasteiger partial charge in [0.05, 0.1) is 6.61 Å². The van der Waals surface area contributed by atoms with E-state index in [1.165, 1.54) is 6.08 Å². The smallest absolute Gasteiger partial charge is 0.330 e. The zero-order valence-electron chi connectivity index (χ0n) is 7.71. The van der Waals surface area contributed by atoms with Crippen LogP contribution in [0.15, 0.2) is 12.2 Å². The Morgan fingerprint density at radius 3 is 2.83 bits per heavy atom. The number of hydrogen-bond acceptors (Lipinski definition) is 3.